The quantitative estimate of drug-likeness (QED) is 0.256. The third-order valence-corrected chi connectivity index (χ3v) is 7.46. The standard InChI is InChI=1S/C28H33N7O4S/c1-15-11-16(2)20-13-19(15)23-14-24(35-28(30)34-23)40-10-9-32-27(39)22(7-8-31-25(20)37)33-26(38)21(29)12-17-3-5-18(36)6-4-17/h3-6,11,13-14,21-22,36H,7-10,12,29H2,1-2H3,(H,31,37)(H,32,39)(H,33,38)(H2,30,34,35)/t21-,22?/m1/s1. The van der Waals surface area contributed by atoms with Crippen LogP contribution in [0.25, 0.3) is 11.3 Å². The van der Waals surface area contributed by atoms with E-state index in [2.05, 4.69) is 25.9 Å². The molecule has 11 nitrogen and oxygen atoms in total. The van der Waals surface area contributed by atoms with Gasteiger partial charge in [0, 0.05) is 30.0 Å². The molecule has 0 saturated carbocycles. The maximum atomic E-state index is 13.1. The molecule has 3 amide bonds. The average Bonchev–Trinajstić information content (AvgIpc) is 2.90. The highest BCUT2D eigenvalue weighted by Crippen LogP contribution is 2.28. The van der Waals surface area contributed by atoms with Crippen LogP contribution in [-0.2, 0) is 16.0 Å². The lowest BCUT2D eigenvalue weighted by Crippen LogP contribution is -2.53. The number of nitrogen functional groups attached to an aromatic ring is 1. The number of thioether (sulfide) groups is 1. The molecule has 0 aliphatic carbocycles. The number of aromatic nitrogens is 2. The van der Waals surface area contributed by atoms with Crippen LogP contribution in [0.1, 0.15) is 33.5 Å². The van der Waals surface area contributed by atoms with Gasteiger partial charge in [0.25, 0.3) is 5.91 Å². The van der Waals surface area contributed by atoms with E-state index in [-0.39, 0.29) is 42.9 Å². The van der Waals surface area contributed by atoms with Gasteiger partial charge in [-0.3, -0.25) is 14.4 Å². The van der Waals surface area contributed by atoms with Gasteiger partial charge in [-0.05, 0) is 67.6 Å². The highest BCUT2D eigenvalue weighted by molar-refractivity contribution is 7.99. The lowest BCUT2D eigenvalue weighted by atomic mass is 9.97. The van der Waals surface area contributed by atoms with Crippen molar-refractivity contribution in [1.29, 1.82) is 0 Å². The molecule has 12 heteroatoms. The Hall–Kier alpha value is -4.16. The first kappa shape index (κ1) is 28.8. The molecule has 0 fully saturated rings. The Balaban J connectivity index is 1.53. The molecule has 1 aliphatic rings. The van der Waals surface area contributed by atoms with Crippen molar-refractivity contribution in [2.45, 2.75) is 43.8 Å². The number of carbonyl (C=O) groups is 3. The van der Waals surface area contributed by atoms with Crippen LogP contribution in [0, 0.1) is 13.8 Å². The minimum absolute atomic E-state index is 0.113. The maximum absolute atomic E-state index is 13.1. The van der Waals surface area contributed by atoms with Crippen LogP contribution in [0.3, 0.4) is 0 Å². The fraction of sp³-hybridized carbons (Fsp3) is 0.321. The normalized spacial score (nSPS) is 16.9. The van der Waals surface area contributed by atoms with Crippen LogP contribution in [0.5, 0.6) is 5.75 Å². The number of nitrogens with two attached hydrogens (primary N) is 2. The zero-order chi connectivity index (χ0) is 28.8. The maximum Gasteiger partial charge on any atom is 0.251 e. The van der Waals surface area contributed by atoms with Crippen molar-refractivity contribution < 1.29 is 19.5 Å². The Morgan fingerprint density at radius 3 is 2.55 bits per heavy atom. The molecule has 1 aliphatic heterocycles. The number of fused-ring (bicyclic) bond motifs is 5. The first-order valence-electron chi connectivity index (χ1n) is 12.9. The van der Waals surface area contributed by atoms with Gasteiger partial charge in [0.15, 0.2) is 0 Å². The van der Waals surface area contributed by atoms with Crippen LogP contribution >= 0.6 is 11.8 Å². The average molecular weight is 564 g/mol. The van der Waals surface area contributed by atoms with Crippen molar-refractivity contribution in [2.24, 2.45) is 5.73 Å². The summed E-state index contributed by atoms with van der Waals surface area (Å²) in [5, 5.41) is 18.5. The first-order valence-corrected chi connectivity index (χ1v) is 13.9. The number of benzene rings is 2. The second-order valence-electron chi connectivity index (χ2n) is 9.65. The number of carbonyl (C=O) groups excluding carboxylic acids is 3. The number of aryl methyl sites for hydroxylation is 2. The fourth-order valence-electron chi connectivity index (χ4n) is 4.43. The number of hydrogen-bond donors (Lipinski definition) is 6. The van der Waals surface area contributed by atoms with Crippen molar-refractivity contribution in [3.63, 3.8) is 0 Å². The predicted molar refractivity (Wildman–Crippen MR) is 154 cm³/mol. The van der Waals surface area contributed by atoms with E-state index in [4.69, 9.17) is 11.5 Å². The Labute approximate surface area is 236 Å². The molecule has 3 aromatic rings. The molecular weight excluding hydrogens is 530 g/mol. The van der Waals surface area contributed by atoms with Gasteiger partial charge in [-0.2, -0.15) is 0 Å². The molecule has 2 atom stereocenters. The van der Waals surface area contributed by atoms with Gasteiger partial charge < -0.3 is 32.5 Å². The molecule has 0 radical (unpaired) electrons. The van der Waals surface area contributed by atoms with E-state index in [0.29, 0.717) is 28.6 Å². The molecule has 2 aromatic carbocycles. The lowest BCUT2D eigenvalue weighted by molar-refractivity contribution is -0.129. The van der Waals surface area contributed by atoms with Crippen molar-refractivity contribution in [1.82, 2.24) is 25.9 Å². The van der Waals surface area contributed by atoms with E-state index in [1.807, 2.05) is 26.0 Å². The number of phenolic OH excluding ortho intramolecular Hbond substituents is 1. The summed E-state index contributed by atoms with van der Waals surface area (Å²) in [6.07, 6.45) is 0.395. The Morgan fingerprint density at radius 1 is 1.07 bits per heavy atom. The molecule has 4 rings (SSSR count). The monoisotopic (exact) mass is 563 g/mol. The van der Waals surface area contributed by atoms with Crippen molar-refractivity contribution in [3.8, 4) is 17.0 Å². The molecule has 210 valence electrons. The smallest absolute Gasteiger partial charge is 0.251 e. The summed E-state index contributed by atoms with van der Waals surface area (Å²) in [6.45, 7) is 4.26. The summed E-state index contributed by atoms with van der Waals surface area (Å²) in [4.78, 5) is 47.8. The van der Waals surface area contributed by atoms with E-state index in [9.17, 15) is 19.5 Å². The third-order valence-electron chi connectivity index (χ3n) is 6.54. The van der Waals surface area contributed by atoms with Crippen LogP contribution in [0.15, 0.2) is 47.5 Å². The van der Waals surface area contributed by atoms with Crippen molar-refractivity contribution in [2.75, 3.05) is 24.6 Å². The van der Waals surface area contributed by atoms with Gasteiger partial charge in [-0.25, -0.2) is 9.97 Å². The summed E-state index contributed by atoms with van der Waals surface area (Å²) in [5.41, 5.74) is 16.5. The first-order chi connectivity index (χ1) is 19.1. The SMILES string of the molecule is Cc1cc(C)c2cc1C(=O)NCCC(NC(=O)[C@H](N)Cc1ccc(O)cc1)C(=O)NCCSc1cc-2nc(N)n1. The van der Waals surface area contributed by atoms with E-state index in [1.54, 1.807) is 18.2 Å². The molecule has 4 bridgehead atoms. The summed E-state index contributed by atoms with van der Waals surface area (Å²) >= 11 is 1.41. The van der Waals surface area contributed by atoms with Gasteiger partial charge in [0.2, 0.25) is 17.8 Å². The van der Waals surface area contributed by atoms with E-state index in [0.717, 1.165) is 22.3 Å². The van der Waals surface area contributed by atoms with E-state index < -0.39 is 18.0 Å². The molecule has 2 heterocycles. The largest absolute Gasteiger partial charge is 0.508 e. The van der Waals surface area contributed by atoms with Crippen LogP contribution in [0.4, 0.5) is 5.95 Å². The van der Waals surface area contributed by atoms with Gasteiger partial charge >= 0.3 is 0 Å². The van der Waals surface area contributed by atoms with Gasteiger partial charge in [-0.1, -0.05) is 18.2 Å². The minimum Gasteiger partial charge on any atom is -0.508 e. The third kappa shape index (κ3) is 7.27. The van der Waals surface area contributed by atoms with Crippen LogP contribution in [0.2, 0.25) is 0 Å². The highest BCUT2D eigenvalue weighted by atomic mass is 32.2. The number of rotatable bonds is 4. The Bertz CT molecular complexity index is 1410. The summed E-state index contributed by atoms with van der Waals surface area (Å²) in [7, 11) is 0. The van der Waals surface area contributed by atoms with E-state index in [1.165, 1.54) is 23.9 Å². The number of amides is 3. The van der Waals surface area contributed by atoms with E-state index >= 15 is 0 Å². The number of nitrogens with one attached hydrogen (secondary N) is 3. The molecule has 8 N–H and O–H groups in total. The topological polar surface area (TPSA) is 185 Å². The molecule has 0 spiro atoms. The zero-order valence-electron chi connectivity index (χ0n) is 22.4. The summed E-state index contributed by atoms with van der Waals surface area (Å²) in [5.74, 6) is -0.447. The Morgan fingerprint density at radius 2 is 1.80 bits per heavy atom. The fourth-order valence-corrected chi connectivity index (χ4v) is 5.20. The summed E-state index contributed by atoms with van der Waals surface area (Å²) < 4.78 is 0. The van der Waals surface area contributed by atoms with Crippen LogP contribution < -0.4 is 27.4 Å². The van der Waals surface area contributed by atoms with Gasteiger partial charge in [0.05, 0.1) is 11.7 Å². The molecular formula is C28H33N7O4S. The van der Waals surface area contributed by atoms with Gasteiger partial charge in [-0.15, -0.1) is 11.8 Å². The second kappa shape index (κ2) is 12.8. The number of hydrogen-bond acceptors (Lipinski definition) is 9. The molecule has 1 unspecified atom stereocenters. The molecule has 0 saturated heterocycles. The Kier molecular flexibility index (Phi) is 9.22. The minimum atomic E-state index is -0.910. The number of nitrogens with zero attached hydrogens (tertiary/aromatic N) is 2. The molecule has 1 aromatic heterocycles. The highest BCUT2D eigenvalue weighted by Gasteiger charge is 2.24. The molecule has 40 heavy (non-hydrogen) atoms. The van der Waals surface area contributed by atoms with Crippen LogP contribution in [-0.4, -0.2) is 63.7 Å². The van der Waals surface area contributed by atoms with Crippen molar-refractivity contribution in [3.05, 3.63) is 64.7 Å². The number of aromatic hydroxyl groups is 1. The summed E-state index contributed by atoms with van der Waals surface area (Å²) in [6, 6.07) is 10.1. The number of phenols is 1. The predicted octanol–water partition coefficient (Wildman–Crippen LogP) is 1.44. The van der Waals surface area contributed by atoms with Crippen molar-refractivity contribution >= 4 is 35.4 Å². The number of anilines is 1. The zero-order valence-corrected chi connectivity index (χ0v) is 23.2. The second-order valence-corrected chi connectivity index (χ2v) is 10.8. The van der Waals surface area contributed by atoms with Gasteiger partial charge in [0.1, 0.15) is 16.8 Å². The lowest BCUT2D eigenvalue weighted by Gasteiger charge is -2.21.